The molecule has 0 radical (unpaired) electrons. The van der Waals surface area contributed by atoms with Gasteiger partial charge in [0.1, 0.15) is 5.72 Å². The van der Waals surface area contributed by atoms with Gasteiger partial charge in [-0.25, -0.2) is 0 Å². The van der Waals surface area contributed by atoms with E-state index in [2.05, 4.69) is 43.8 Å². The predicted octanol–water partition coefficient (Wildman–Crippen LogP) is 5.09. The van der Waals surface area contributed by atoms with E-state index in [0.29, 0.717) is 16.9 Å². The first-order valence-corrected chi connectivity index (χ1v) is 13.6. The molecular weight excluding hydrogens is 396 g/mol. The summed E-state index contributed by atoms with van der Waals surface area (Å²) in [5.41, 5.74) is 2.55. The number of likely N-dealkylation sites (tertiary alicyclic amines) is 1. The highest BCUT2D eigenvalue weighted by Gasteiger charge is 2.69. The maximum atomic E-state index is 7.38. The fourth-order valence-electron chi connectivity index (χ4n) is 9.80. The van der Waals surface area contributed by atoms with E-state index in [0.717, 1.165) is 24.3 Å². The zero-order valence-electron chi connectivity index (χ0n) is 21.3. The highest BCUT2D eigenvalue weighted by Crippen LogP contribution is 2.69. The van der Waals surface area contributed by atoms with E-state index in [4.69, 9.17) is 9.47 Å². The number of hydrogen-bond donors (Lipinski definition) is 0. The van der Waals surface area contributed by atoms with Crippen molar-refractivity contribution in [1.29, 1.82) is 0 Å². The summed E-state index contributed by atoms with van der Waals surface area (Å²) in [6.07, 6.45) is 15.9. The summed E-state index contributed by atoms with van der Waals surface area (Å²) < 4.78 is 13.2. The van der Waals surface area contributed by atoms with E-state index in [-0.39, 0.29) is 11.3 Å². The van der Waals surface area contributed by atoms with Gasteiger partial charge in [-0.05, 0) is 88.6 Å². The number of hydrogen-bond acceptors (Lipinski definition) is 4. The summed E-state index contributed by atoms with van der Waals surface area (Å²) in [7, 11) is 6.52. The molecule has 2 spiro atoms. The summed E-state index contributed by atoms with van der Waals surface area (Å²) in [6.45, 7) is 8.74. The van der Waals surface area contributed by atoms with Crippen molar-refractivity contribution in [2.24, 2.45) is 28.6 Å². The van der Waals surface area contributed by atoms with Crippen LogP contribution < -0.4 is 0 Å². The molecule has 5 fully saturated rings. The molecule has 3 saturated carbocycles. The van der Waals surface area contributed by atoms with Crippen molar-refractivity contribution in [3.05, 3.63) is 11.6 Å². The number of piperidine rings is 1. The van der Waals surface area contributed by atoms with Crippen LogP contribution in [0.25, 0.3) is 0 Å². The molecule has 0 bridgehead atoms. The molecule has 6 rings (SSSR count). The van der Waals surface area contributed by atoms with Crippen molar-refractivity contribution in [2.45, 2.75) is 95.5 Å². The third kappa shape index (κ3) is 2.82. The number of fused-ring (bicyclic) bond motifs is 6. The zero-order valence-corrected chi connectivity index (χ0v) is 21.3. The molecule has 0 unspecified atom stereocenters. The predicted molar refractivity (Wildman–Crippen MR) is 128 cm³/mol. The van der Waals surface area contributed by atoms with Gasteiger partial charge in [-0.15, -0.1) is 0 Å². The van der Waals surface area contributed by atoms with Gasteiger partial charge in [-0.3, -0.25) is 4.90 Å². The van der Waals surface area contributed by atoms with Crippen LogP contribution in [0.5, 0.6) is 0 Å². The normalized spacial score (nSPS) is 50.8. The molecule has 180 valence electrons. The number of likely N-dealkylation sites (N-methyl/N-ethyl adjacent to an activating group) is 1. The van der Waals surface area contributed by atoms with Crippen molar-refractivity contribution in [3.63, 3.8) is 0 Å². The molecule has 4 heteroatoms. The Hall–Kier alpha value is -0.420. The van der Waals surface area contributed by atoms with Crippen LogP contribution in [0.3, 0.4) is 0 Å². The smallest absolute Gasteiger partial charge is 0.124 e. The van der Waals surface area contributed by atoms with E-state index in [1.165, 1.54) is 77.3 Å². The Morgan fingerprint density at radius 2 is 1.72 bits per heavy atom. The Bertz CT molecular complexity index is 788. The minimum Gasteiger partial charge on any atom is -0.381 e. The van der Waals surface area contributed by atoms with Gasteiger partial charge in [0.05, 0.1) is 11.7 Å². The lowest BCUT2D eigenvalue weighted by Crippen LogP contribution is -2.56. The molecular formula is C28H46N2O2. The number of allylic oxidation sites excluding steroid dienone is 1. The van der Waals surface area contributed by atoms with Crippen molar-refractivity contribution in [3.8, 4) is 0 Å². The van der Waals surface area contributed by atoms with Gasteiger partial charge in [0.25, 0.3) is 0 Å². The summed E-state index contributed by atoms with van der Waals surface area (Å²) >= 11 is 0. The van der Waals surface area contributed by atoms with Crippen LogP contribution in [-0.4, -0.2) is 68.1 Å². The quantitative estimate of drug-likeness (QED) is 0.528. The molecule has 0 aromatic heterocycles. The molecule has 0 aromatic rings. The summed E-state index contributed by atoms with van der Waals surface area (Å²) in [4.78, 5) is 5.11. The second kappa shape index (κ2) is 7.29. The Labute approximate surface area is 196 Å². The van der Waals surface area contributed by atoms with Crippen LogP contribution in [0.4, 0.5) is 0 Å². The molecule has 0 aromatic carbocycles. The molecule has 6 aliphatic rings. The first-order valence-electron chi connectivity index (χ1n) is 13.6. The minimum atomic E-state index is -0.00852. The number of methoxy groups -OCH3 is 1. The van der Waals surface area contributed by atoms with Gasteiger partial charge in [0, 0.05) is 45.0 Å². The minimum absolute atomic E-state index is 0.00852. The van der Waals surface area contributed by atoms with Crippen LogP contribution >= 0.6 is 0 Å². The molecule has 7 atom stereocenters. The van der Waals surface area contributed by atoms with E-state index >= 15 is 0 Å². The van der Waals surface area contributed by atoms with Crippen molar-refractivity contribution in [1.82, 2.24) is 9.80 Å². The molecule has 4 nitrogen and oxygen atoms in total. The van der Waals surface area contributed by atoms with Crippen LogP contribution in [-0.2, 0) is 9.47 Å². The van der Waals surface area contributed by atoms with E-state index in [1.807, 2.05) is 7.11 Å². The first kappa shape index (κ1) is 22.1. The summed E-state index contributed by atoms with van der Waals surface area (Å²) in [5, 5.41) is 0. The molecule has 0 N–H and O–H groups in total. The molecule has 32 heavy (non-hydrogen) atoms. The molecule has 0 amide bonds. The van der Waals surface area contributed by atoms with E-state index in [1.54, 1.807) is 5.57 Å². The molecule has 2 aliphatic heterocycles. The van der Waals surface area contributed by atoms with Crippen molar-refractivity contribution < 1.29 is 9.47 Å². The first-order chi connectivity index (χ1) is 15.3. The van der Waals surface area contributed by atoms with Crippen LogP contribution in [0.2, 0.25) is 0 Å². The van der Waals surface area contributed by atoms with Crippen LogP contribution in [0.15, 0.2) is 11.6 Å². The average Bonchev–Trinajstić information content (AvgIpc) is 3.22. The second-order valence-electron chi connectivity index (χ2n) is 13.1. The standard InChI is InChI=1S/C28H46N2O2/c1-25-11-8-21(31-5)18-20(25)6-7-22-23(25)9-12-26(2)24(22)10-13-27(26)19-30(4)28(32-27)14-16-29(3)17-15-28/h6,21-24H,7-19H2,1-5H3/t21-,22-,23+,24-,25+,26+,27+/m1/s1. The Morgan fingerprint density at radius 1 is 0.969 bits per heavy atom. The van der Waals surface area contributed by atoms with Crippen molar-refractivity contribution >= 4 is 0 Å². The SMILES string of the molecule is CO[C@@H]1CC[C@@]2(C)C(=CC[C@H]3[C@H]4CC[C@]5(CN(C)C6(CCN(C)CC6)O5)[C@@]4(C)CC[C@@H]32)C1. The number of ether oxygens (including phenoxy) is 2. The van der Waals surface area contributed by atoms with Crippen LogP contribution in [0, 0.1) is 28.6 Å². The molecule has 2 heterocycles. The van der Waals surface area contributed by atoms with Gasteiger partial charge in [-0.1, -0.05) is 25.5 Å². The summed E-state index contributed by atoms with van der Waals surface area (Å²) in [6, 6.07) is 0. The highest BCUT2D eigenvalue weighted by atomic mass is 16.6. The van der Waals surface area contributed by atoms with Crippen LogP contribution in [0.1, 0.15) is 78.1 Å². The largest absolute Gasteiger partial charge is 0.381 e. The topological polar surface area (TPSA) is 24.9 Å². The van der Waals surface area contributed by atoms with E-state index in [9.17, 15) is 0 Å². The Morgan fingerprint density at radius 3 is 2.47 bits per heavy atom. The maximum absolute atomic E-state index is 7.38. The van der Waals surface area contributed by atoms with Gasteiger partial charge < -0.3 is 14.4 Å². The number of nitrogens with zero attached hydrogens (tertiary/aromatic N) is 2. The third-order valence-electron chi connectivity index (χ3n) is 12.0. The summed E-state index contributed by atoms with van der Waals surface area (Å²) in [5.74, 6) is 2.54. The monoisotopic (exact) mass is 442 g/mol. The van der Waals surface area contributed by atoms with Crippen molar-refractivity contribution in [2.75, 3.05) is 40.8 Å². The Kier molecular flexibility index (Phi) is 5.03. The molecule has 2 saturated heterocycles. The highest BCUT2D eigenvalue weighted by molar-refractivity contribution is 5.27. The third-order valence-corrected chi connectivity index (χ3v) is 12.0. The Balaban J connectivity index is 1.28. The maximum Gasteiger partial charge on any atom is 0.124 e. The number of rotatable bonds is 1. The lowest BCUT2D eigenvalue weighted by atomic mass is 9.47. The van der Waals surface area contributed by atoms with Gasteiger partial charge >= 0.3 is 0 Å². The lowest BCUT2D eigenvalue weighted by molar-refractivity contribution is -0.203. The lowest BCUT2D eigenvalue weighted by Gasteiger charge is -2.59. The zero-order chi connectivity index (χ0) is 22.4. The van der Waals surface area contributed by atoms with Gasteiger partial charge in [-0.2, -0.15) is 0 Å². The van der Waals surface area contributed by atoms with E-state index < -0.39 is 0 Å². The fourth-order valence-corrected chi connectivity index (χ4v) is 9.80. The van der Waals surface area contributed by atoms with Gasteiger partial charge in [0.15, 0.2) is 0 Å². The fraction of sp³-hybridized carbons (Fsp3) is 0.929. The molecule has 4 aliphatic carbocycles. The van der Waals surface area contributed by atoms with Gasteiger partial charge in [0.2, 0.25) is 0 Å². The average molecular weight is 443 g/mol. The second-order valence-corrected chi connectivity index (χ2v) is 13.1.